The van der Waals surface area contributed by atoms with Crippen LogP contribution in [0, 0.1) is 12.8 Å². The molecule has 0 saturated carbocycles. The van der Waals surface area contributed by atoms with Gasteiger partial charge in [0.05, 0.1) is 5.02 Å². The summed E-state index contributed by atoms with van der Waals surface area (Å²) in [4.78, 5) is 13.1. The number of benzene rings is 2. The molecule has 0 spiro atoms. The molecule has 26 heavy (non-hydrogen) atoms. The topological polar surface area (TPSA) is 34.1 Å². The average molecular weight is 391 g/mol. The standard InChI is InChI=1S/C22H28ClO2P/c1-4-6-11-17(5-2)15-26(25)20-14-8-7-12-18(20)22(24)21-16(3)10-9-13-19(21)23/h7-10,12-14,17,26H,4-6,11,15H2,1-3H3. The number of hydrogen-bond acceptors (Lipinski definition) is 2. The van der Waals surface area contributed by atoms with Crippen LogP contribution in [0.15, 0.2) is 42.5 Å². The van der Waals surface area contributed by atoms with Crippen molar-refractivity contribution in [3.8, 4) is 0 Å². The van der Waals surface area contributed by atoms with Crippen molar-refractivity contribution in [1.82, 2.24) is 0 Å². The molecular formula is C22H28ClO2P. The molecule has 0 aromatic heterocycles. The summed E-state index contributed by atoms with van der Waals surface area (Å²) in [5.74, 6) is 0.315. The molecular weight excluding hydrogens is 363 g/mol. The highest BCUT2D eigenvalue weighted by atomic mass is 35.5. The van der Waals surface area contributed by atoms with Gasteiger partial charge in [0.2, 0.25) is 0 Å². The van der Waals surface area contributed by atoms with E-state index < -0.39 is 7.80 Å². The molecule has 2 atom stereocenters. The average Bonchev–Trinajstić information content (AvgIpc) is 2.64. The van der Waals surface area contributed by atoms with E-state index in [4.69, 9.17) is 11.6 Å². The van der Waals surface area contributed by atoms with Gasteiger partial charge in [0, 0.05) is 22.6 Å². The largest absolute Gasteiger partial charge is 0.322 e. The van der Waals surface area contributed by atoms with Gasteiger partial charge in [0.15, 0.2) is 5.78 Å². The molecule has 4 heteroatoms. The minimum atomic E-state index is -2.03. The highest BCUT2D eigenvalue weighted by Crippen LogP contribution is 2.31. The van der Waals surface area contributed by atoms with Crippen LogP contribution in [0.1, 0.15) is 61.0 Å². The van der Waals surface area contributed by atoms with Gasteiger partial charge in [0.1, 0.15) is 7.80 Å². The molecule has 2 aromatic rings. The van der Waals surface area contributed by atoms with Crippen molar-refractivity contribution >= 4 is 30.5 Å². The maximum Gasteiger partial charge on any atom is 0.195 e. The van der Waals surface area contributed by atoms with Crippen molar-refractivity contribution < 1.29 is 9.36 Å². The van der Waals surface area contributed by atoms with Crippen LogP contribution in [0.5, 0.6) is 0 Å². The minimum Gasteiger partial charge on any atom is -0.322 e. The second kappa shape index (κ2) is 10.1. The van der Waals surface area contributed by atoms with Gasteiger partial charge >= 0.3 is 0 Å². The van der Waals surface area contributed by atoms with Crippen molar-refractivity contribution in [2.24, 2.45) is 5.92 Å². The summed E-state index contributed by atoms with van der Waals surface area (Å²) in [5.41, 5.74) is 1.87. The Morgan fingerprint density at radius 1 is 1.12 bits per heavy atom. The predicted octanol–water partition coefficient (Wildman–Crippen LogP) is 6.28. The molecule has 0 radical (unpaired) electrons. The van der Waals surface area contributed by atoms with Crippen LogP contribution in [0.3, 0.4) is 0 Å². The quantitative estimate of drug-likeness (QED) is 0.373. The fourth-order valence-electron chi connectivity index (χ4n) is 3.29. The van der Waals surface area contributed by atoms with Gasteiger partial charge in [-0.3, -0.25) is 4.79 Å². The van der Waals surface area contributed by atoms with Gasteiger partial charge in [-0.25, -0.2) is 0 Å². The van der Waals surface area contributed by atoms with Gasteiger partial charge in [0.25, 0.3) is 0 Å². The summed E-state index contributed by atoms with van der Waals surface area (Å²) in [5, 5.41) is 1.13. The Balaban J connectivity index is 2.32. The molecule has 0 heterocycles. The molecule has 0 fully saturated rings. The molecule has 140 valence electrons. The van der Waals surface area contributed by atoms with Gasteiger partial charge in [-0.1, -0.05) is 87.5 Å². The number of aryl methyl sites for hydroxylation is 1. The molecule has 2 rings (SSSR count). The Labute approximate surface area is 162 Å². The monoisotopic (exact) mass is 390 g/mol. The molecule has 2 nitrogen and oxygen atoms in total. The zero-order valence-electron chi connectivity index (χ0n) is 15.8. The van der Waals surface area contributed by atoms with E-state index in [2.05, 4.69) is 13.8 Å². The maximum absolute atomic E-state index is 13.1. The van der Waals surface area contributed by atoms with E-state index in [0.717, 1.165) is 31.2 Å². The van der Waals surface area contributed by atoms with Crippen LogP contribution in [0.4, 0.5) is 0 Å². The van der Waals surface area contributed by atoms with E-state index in [9.17, 15) is 9.36 Å². The van der Waals surface area contributed by atoms with Crippen molar-refractivity contribution in [3.05, 3.63) is 64.2 Å². The van der Waals surface area contributed by atoms with E-state index in [-0.39, 0.29) is 5.78 Å². The van der Waals surface area contributed by atoms with Crippen LogP contribution < -0.4 is 5.30 Å². The molecule has 0 amide bonds. The SMILES string of the molecule is CCCCC(CC)C[PH](=O)c1ccccc1C(=O)c1c(C)cccc1Cl. The third kappa shape index (κ3) is 5.09. The molecule has 0 aliphatic carbocycles. The number of halogens is 1. The Hall–Kier alpha value is -1.37. The van der Waals surface area contributed by atoms with E-state index in [0.29, 0.717) is 33.5 Å². The highest BCUT2D eigenvalue weighted by molar-refractivity contribution is 7.53. The van der Waals surface area contributed by atoms with Gasteiger partial charge < -0.3 is 4.57 Å². The minimum absolute atomic E-state index is 0.136. The third-order valence-electron chi connectivity index (χ3n) is 4.94. The van der Waals surface area contributed by atoms with Crippen molar-refractivity contribution in [2.75, 3.05) is 6.16 Å². The fourth-order valence-corrected chi connectivity index (χ4v) is 5.62. The summed E-state index contributed by atoms with van der Waals surface area (Å²) in [6.07, 6.45) is 5.11. The Morgan fingerprint density at radius 3 is 2.50 bits per heavy atom. The summed E-state index contributed by atoms with van der Waals surface area (Å²) < 4.78 is 13.1. The smallest absolute Gasteiger partial charge is 0.195 e. The number of hydrogen-bond donors (Lipinski definition) is 0. The van der Waals surface area contributed by atoms with Crippen molar-refractivity contribution in [1.29, 1.82) is 0 Å². The normalized spacial score (nSPS) is 13.4. The second-order valence-electron chi connectivity index (χ2n) is 6.85. The molecule has 0 N–H and O–H groups in total. The van der Waals surface area contributed by atoms with E-state index in [1.807, 2.05) is 37.3 Å². The molecule has 0 bridgehead atoms. The lowest BCUT2D eigenvalue weighted by atomic mass is 9.99. The van der Waals surface area contributed by atoms with E-state index >= 15 is 0 Å². The number of carbonyl (C=O) groups is 1. The summed E-state index contributed by atoms with van der Waals surface area (Å²) in [6.45, 7) is 6.21. The first-order chi connectivity index (χ1) is 12.5. The number of rotatable bonds is 9. The van der Waals surface area contributed by atoms with Crippen LogP contribution >= 0.6 is 19.4 Å². The summed E-state index contributed by atoms with van der Waals surface area (Å²) in [7, 11) is -2.03. The third-order valence-corrected chi connectivity index (χ3v) is 7.24. The van der Waals surface area contributed by atoms with Gasteiger partial charge in [-0.15, -0.1) is 0 Å². The van der Waals surface area contributed by atoms with Gasteiger partial charge in [-0.05, 0) is 24.5 Å². The van der Waals surface area contributed by atoms with Crippen molar-refractivity contribution in [3.63, 3.8) is 0 Å². The predicted molar refractivity (Wildman–Crippen MR) is 113 cm³/mol. The number of unbranched alkanes of at least 4 members (excludes halogenated alkanes) is 1. The first-order valence-electron chi connectivity index (χ1n) is 9.41. The molecule has 2 aromatic carbocycles. The fraction of sp³-hybridized carbons (Fsp3) is 0.409. The maximum atomic E-state index is 13.1. The molecule has 0 aliphatic rings. The van der Waals surface area contributed by atoms with Crippen molar-refractivity contribution in [2.45, 2.75) is 46.5 Å². The molecule has 0 saturated heterocycles. The lowest BCUT2D eigenvalue weighted by Gasteiger charge is -2.16. The van der Waals surface area contributed by atoms with E-state index in [1.54, 1.807) is 12.1 Å². The number of carbonyl (C=O) groups excluding carboxylic acids is 1. The van der Waals surface area contributed by atoms with Crippen LogP contribution in [-0.4, -0.2) is 11.9 Å². The first-order valence-corrected chi connectivity index (χ1v) is 11.4. The summed E-state index contributed by atoms with van der Waals surface area (Å²) in [6, 6.07) is 12.7. The van der Waals surface area contributed by atoms with Crippen LogP contribution in [0.2, 0.25) is 5.02 Å². The highest BCUT2D eigenvalue weighted by Gasteiger charge is 2.21. The molecule has 0 aliphatic heterocycles. The Bertz CT molecular complexity index is 765. The Morgan fingerprint density at radius 2 is 1.85 bits per heavy atom. The lowest BCUT2D eigenvalue weighted by molar-refractivity contribution is 0.103. The zero-order valence-corrected chi connectivity index (χ0v) is 17.6. The van der Waals surface area contributed by atoms with Crippen LogP contribution in [-0.2, 0) is 4.57 Å². The zero-order chi connectivity index (χ0) is 19.1. The number of ketones is 1. The first kappa shape index (κ1) is 20.9. The van der Waals surface area contributed by atoms with Gasteiger partial charge in [-0.2, -0.15) is 0 Å². The lowest BCUT2D eigenvalue weighted by Crippen LogP contribution is -2.17. The Kier molecular flexibility index (Phi) is 8.13. The summed E-state index contributed by atoms with van der Waals surface area (Å²) >= 11 is 6.28. The molecule has 2 unspecified atom stereocenters. The van der Waals surface area contributed by atoms with Crippen LogP contribution in [0.25, 0.3) is 0 Å². The second-order valence-corrected chi connectivity index (χ2v) is 9.05. The van der Waals surface area contributed by atoms with E-state index in [1.165, 1.54) is 0 Å².